The SMILES string of the molecule is CC1=C(C(=O)OCCc2ccccn2)C(c2ccccn2)C(C(=O)OC(C)C)=C(C)N1. The molecule has 1 unspecified atom stereocenters. The Morgan fingerprint density at radius 1 is 0.968 bits per heavy atom. The molecule has 0 aromatic carbocycles. The third kappa shape index (κ3) is 5.36. The number of hydrogen-bond donors (Lipinski definition) is 1. The van der Waals surface area contributed by atoms with Crippen LogP contribution >= 0.6 is 0 Å². The number of esters is 2. The number of allylic oxidation sites excluding steroid dienone is 2. The van der Waals surface area contributed by atoms with Crippen molar-refractivity contribution >= 4 is 11.9 Å². The van der Waals surface area contributed by atoms with Gasteiger partial charge in [0.25, 0.3) is 0 Å². The molecule has 1 aliphatic rings. The maximum absolute atomic E-state index is 13.1. The Bertz CT molecular complexity index is 998. The van der Waals surface area contributed by atoms with Crippen LogP contribution in [0.2, 0.25) is 0 Å². The van der Waals surface area contributed by atoms with E-state index in [9.17, 15) is 9.59 Å². The summed E-state index contributed by atoms with van der Waals surface area (Å²) >= 11 is 0. The van der Waals surface area contributed by atoms with Gasteiger partial charge in [0, 0.05) is 35.9 Å². The van der Waals surface area contributed by atoms with Crippen molar-refractivity contribution in [3.63, 3.8) is 0 Å². The number of aromatic nitrogens is 2. The molecule has 1 aliphatic heterocycles. The summed E-state index contributed by atoms with van der Waals surface area (Å²) in [5, 5.41) is 3.14. The Morgan fingerprint density at radius 2 is 1.61 bits per heavy atom. The largest absolute Gasteiger partial charge is 0.462 e. The van der Waals surface area contributed by atoms with Crippen LogP contribution in [0.4, 0.5) is 0 Å². The van der Waals surface area contributed by atoms with Gasteiger partial charge in [-0.25, -0.2) is 9.59 Å². The molecule has 3 rings (SSSR count). The Balaban J connectivity index is 1.90. The van der Waals surface area contributed by atoms with Crippen LogP contribution in [0.5, 0.6) is 0 Å². The number of pyridine rings is 2. The van der Waals surface area contributed by atoms with Gasteiger partial charge in [-0.15, -0.1) is 0 Å². The normalized spacial score (nSPS) is 16.2. The molecule has 0 aliphatic carbocycles. The summed E-state index contributed by atoms with van der Waals surface area (Å²) in [5.74, 6) is -1.67. The fraction of sp³-hybridized carbons (Fsp3) is 0.333. The van der Waals surface area contributed by atoms with Gasteiger partial charge in [-0.3, -0.25) is 9.97 Å². The summed E-state index contributed by atoms with van der Waals surface area (Å²) in [4.78, 5) is 34.7. The van der Waals surface area contributed by atoms with E-state index in [-0.39, 0.29) is 12.7 Å². The van der Waals surface area contributed by atoms with Gasteiger partial charge in [-0.1, -0.05) is 12.1 Å². The lowest BCUT2D eigenvalue weighted by Crippen LogP contribution is -2.33. The Labute approximate surface area is 182 Å². The number of ether oxygens (including phenoxy) is 2. The minimum absolute atomic E-state index is 0.177. The fourth-order valence-corrected chi connectivity index (χ4v) is 3.53. The summed E-state index contributed by atoms with van der Waals surface area (Å²) in [6, 6.07) is 11.0. The van der Waals surface area contributed by atoms with Gasteiger partial charge in [0.15, 0.2) is 0 Å². The number of nitrogens with zero attached hydrogens (tertiary/aromatic N) is 2. The molecule has 0 saturated heterocycles. The molecule has 7 nitrogen and oxygen atoms in total. The van der Waals surface area contributed by atoms with Gasteiger partial charge in [-0.05, 0) is 52.0 Å². The Kier molecular flexibility index (Phi) is 7.18. The predicted molar refractivity (Wildman–Crippen MR) is 116 cm³/mol. The zero-order valence-corrected chi connectivity index (χ0v) is 18.2. The molecule has 2 aromatic heterocycles. The molecular formula is C24H27N3O4. The molecule has 1 atom stereocenters. The second-order valence-electron chi connectivity index (χ2n) is 7.55. The van der Waals surface area contributed by atoms with Crippen molar-refractivity contribution in [3.8, 4) is 0 Å². The zero-order valence-electron chi connectivity index (χ0n) is 18.2. The predicted octanol–water partition coefficient (Wildman–Crippen LogP) is 3.45. The quantitative estimate of drug-likeness (QED) is 0.685. The molecule has 3 heterocycles. The highest BCUT2D eigenvalue weighted by Crippen LogP contribution is 2.38. The fourth-order valence-electron chi connectivity index (χ4n) is 3.53. The second-order valence-corrected chi connectivity index (χ2v) is 7.55. The highest BCUT2D eigenvalue weighted by molar-refractivity contribution is 5.99. The number of carbonyl (C=O) groups is 2. The molecule has 0 saturated carbocycles. The maximum Gasteiger partial charge on any atom is 0.337 e. The van der Waals surface area contributed by atoms with Crippen molar-refractivity contribution in [2.75, 3.05) is 6.61 Å². The average Bonchev–Trinajstić information content (AvgIpc) is 2.74. The topological polar surface area (TPSA) is 90.4 Å². The lowest BCUT2D eigenvalue weighted by molar-refractivity contribution is -0.143. The van der Waals surface area contributed by atoms with Crippen LogP contribution in [0, 0.1) is 0 Å². The molecule has 0 radical (unpaired) electrons. The van der Waals surface area contributed by atoms with E-state index in [1.54, 1.807) is 52.2 Å². The smallest absolute Gasteiger partial charge is 0.337 e. The first-order valence-electron chi connectivity index (χ1n) is 10.3. The molecule has 0 bridgehead atoms. The Morgan fingerprint density at radius 3 is 2.19 bits per heavy atom. The third-order valence-electron chi connectivity index (χ3n) is 4.84. The summed E-state index contributed by atoms with van der Waals surface area (Å²) < 4.78 is 11.0. The minimum Gasteiger partial charge on any atom is -0.462 e. The van der Waals surface area contributed by atoms with Gasteiger partial charge in [-0.2, -0.15) is 0 Å². The van der Waals surface area contributed by atoms with Crippen molar-refractivity contribution in [1.82, 2.24) is 15.3 Å². The van der Waals surface area contributed by atoms with Gasteiger partial charge < -0.3 is 14.8 Å². The molecule has 0 spiro atoms. The van der Waals surface area contributed by atoms with E-state index in [2.05, 4.69) is 15.3 Å². The number of hydrogen-bond acceptors (Lipinski definition) is 7. The highest BCUT2D eigenvalue weighted by atomic mass is 16.5. The number of nitrogens with one attached hydrogen (secondary N) is 1. The van der Waals surface area contributed by atoms with Gasteiger partial charge >= 0.3 is 11.9 Å². The summed E-state index contributed by atoms with van der Waals surface area (Å²) in [6.07, 6.45) is 3.54. The van der Waals surface area contributed by atoms with E-state index in [1.807, 2.05) is 24.3 Å². The van der Waals surface area contributed by atoms with E-state index in [1.165, 1.54) is 0 Å². The molecule has 31 heavy (non-hydrogen) atoms. The lowest BCUT2D eigenvalue weighted by Gasteiger charge is -2.30. The molecule has 2 aromatic rings. The number of dihydropyridines is 1. The van der Waals surface area contributed by atoms with E-state index >= 15 is 0 Å². The average molecular weight is 421 g/mol. The molecule has 0 amide bonds. The highest BCUT2D eigenvalue weighted by Gasteiger charge is 2.39. The second kappa shape index (κ2) is 10.0. The summed E-state index contributed by atoms with van der Waals surface area (Å²) in [5.41, 5.74) is 3.37. The van der Waals surface area contributed by atoms with Gasteiger partial charge in [0.1, 0.15) is 0 Å². The molecule has 1 N–H and O–H groups in total. The van der Waals surface area contributed by atoms with Crippen molar-refractivity contribution in [3.05, 3.63) is 82.7 Å². The van der Waals surface area contributed by atoms with Gasteiger partial charge in [0.05, 0.1) is 35.5 Å². The van der Waals surface area contributed by atoms with Crippen LogP contribution in [-0.4, -0.2) is 34.6 Å². The van der Waals surface area contributed by atoms with Crippen LogP contribution in [0.25, 0.3) is 0 Å². The first-order valence-corrected chi connectivity index (χ1v) is 10.3. The van der Waals surface area contributed by atoms with E-state index in [0.29, 0.717) is 34.7 Å². The number of rotatable bonds is 7. The lowest BCUT2D eigenvalue weighted by atomic mass is 9.82. The van der Waals surface area contributed by atoms with Crippen molar-refractivity contribution in [2.45, 2.75) is 46.1 Å². The van der Waals surface area contributed by atoms with E-state index in [4.69, 9.17) is 9.47 Å². The van der Waals surface area contributed by atoms with E-state index < -0.39 is 17.9 Å². The van der Waals surface area contributed by atoms with Crippen LogP contribution in [0.3, 0.4) is 0 Å². The first-order chi connectivity index (χ1) is 14.9. The Hall–Kier alpha value is -3.48. The third-order valence-corrected chi connectivity index (χ3v) is 4.84. The van der Waals surface area contributed by atoms with Crippen molar-refractivity contribution in [2.24, 2.45) is 0 Å². The van der Waals surface area contributed by atoms with Crippen LogP contribution < -0.4 is 5.32 Å². The standard InChI is InChI=1S/C24H27N3O4/c1-15(2)31-24(29)21-17(4)27-16(3)20(22(21)19-10-6-8-13-26-19)23(28)30-14-11-18-9-5-7-12-25-18/h5-10,12-13,15,22,27H,11,14H2,1-4H3. The minimum atomic E-state index is -0.684. The monoisotopic (exact) mass is 421 g/mol. The molecule has 7 heteroatoms. The molecule has 162 valence electrons. The van der Waals surface area contributed by atoms with Crippen molar-refractivity contribution in [1.29, 1.82) is 0 Å². The van der Waals surface area contributed by atoms with Crippen LogP contribution in [0.1, 0.15) is 45.0 Å². The molecular weight excluding hydrogens is 394 g/mol. The molecule has 0 fully saturated rings. The summed E-state index contributed by atoms with van der Waals surface area (Å²) in [6.45, 7) is 7.33. The van der Waals surface area contributed by atoms with E-state index in [0.717, 1.165) is 5.69 Å². The summed E-state index contributed by atoms with van der Waals surface area (Å²) in [7, 11) is 0. The van der Waals surface area contributed by atoms with Crippen LogP contribution in [0.15, 0.2) is 71.3 Å². The van der Waals surface area contributed by atoms with Gasteiger partial charge in [0.2, 0.25) is 0 Å². The zero-order chi connectivity index (χ0) is 22.4. The number of carbonyl (C=O) groups excluding carboxylic acids is 2. The first kappa shape index (κ1) is 22.2. The maximum atomic E-state index is 13.1. The van der Waals surface area contributed by atoms with Crippen molar-refractivity contribution < 1.29 is 19.1 Å². The van der Waals surface area contributed by atoms with Crippen LogP contribution in [-0.2, 0) is 25.5 Å².